The Morgan fingerprint density at radius 3 is 2.57 bits per heavy atom. The second-order valence-corrected chi connectivity index (χ2v) is 8.00. The highest BCUT2D eigenvalue weighted by Gasteiger charge is 2.56. The Bertz CT molecular complexity index is 538. The van der Waals surface area contributed by atoms with E-state index in [4.69, 9.17) is 11.6 Å². The summed E-state index contributed by atoms with van der Waals surface area (Å²) in [6.07, 6.45) is 10.2. The number of hydrogen-bond acceptors (Lipinski definition) is 1. The summed E-state index contributed by atoms with van der Waals surface area (Å²) >= 11 is 6.03. The van der Waals surface area contributed by atoms with Crippen molar-refractivity contribution in [1.82, 2.24) is 5.32 Å². The summed E-state index contributed by atoms with van der Waals surface area (Å²) in [4.78, 5) is 0. The molecule has 0 heterocycles. The monoisotopic (exact) mass is 307 g/mol. The summed E-state index contributed by atoms with van der Waals surface area (Å²) in [5.41, 5.74) is 1.32. The van der Waals surface area contributed by atoms with Crippen LogP contribution in [-0.4, -0.2) is 12.6 Å². The third-order valence-electron chi connectivity index (χ3n) is 5.92. The molecule has 1 aromatic rings. The molecular formula is C18H23ClFN. The largest absolute Gasteiger partial charge is 0.313 e. The van der Waals surface area contributed by atoms with Crippen LogP contribution < -0.4 is 5.32 Å². The lowest BCUT2D eigenvalue weighted by Gasteiger charge is -2.56. The van der Waals surface area contributed by atoms with Gasteiger partial charge in [0.2, 0.25) is 0 Å². The number of halogens is 2. The SMILES string of the molecule is Fc1c(Cl)cccc1C1(CNC2CC2)CC2(CCCC2)C1. The molecule has 3 saturated carbocycles. The summed E-state index contributed by atoms with van der Waals surface area (Å²) < 4.78 is 14.6. The smallest absolute Gasteiger partial charge is 0.145 e. The van der Waals surface area contributed by atoms with Crippen LogP contribution in [0.4, 0.5) is 4.39 Å². The molecule has 0 amide bonds. The molecule has 3 fully saturated rings. The number of hydrogen-bond donors (Lipinski definition) is 1. The fourth-order valence-electron chi connectivity index (χ4n) is 4.81. The predicted octanol–water partition coefficient (Wildman–Crippen LogP) is 4.82. The van der Waals surface area contributed by atoms with Gasteiger partial charge in [-0.1, -0.05) is 36.6 Å². The first-order valence-electron chi connectivity index (χ1n) is 8.31. The first kappa shape index (κ1) is 14.0. The van der Waals surface area contributed by atoms with Crippen molar-refractivity contribution in [1.29, 1.82) is 0 Å². The second-order valence-electron chi connectivity index (χ2n) is 7.60. The standard InChI is InChI=1S/C18H23ClFN/c19-15-5-3-4-14(16(15)20)18(12-21-13-6-7-13)10-17(11-18)8-1-2-9-17/h3-5,13,21H,1-2,6-12H2. The van der Waals surface area contributed by atoms with Crippen LogP contribution in [0.15, 0.2) is 18.2 Å². The summed E-state index contributed by atoms with van der Waals surface area (Å²) in [6.45, 7) is 0.913. The molecule has 3 aliphatic rings. The van der Waals surface area contributed by atoms with Gasteiger partial charge in [0, 0.05) is 18.0 Å². The van der Waals surface area contributed by atoms with Crippen LogP contribution >= 0.6 is 11.6 Å². The van der Waals surface area contributed by atoms with Crippen LogP contribution in [0.3, 0.4) is 0 Å². The van der Waals surface area contributed by atoms with E-state index in [2.05, 4.69) is 5.32 Å². The molecule has 114 valence electrons. The van der Waals surface area contributed by atoms with Crippen LogP contribution in [0.1, 0.15) is 56.9 Å². The van der Waals surface area contributed by atoms with Crippen LogP contribution in [0.2, 0.25) is 5.02 Å². The highest BCUT2D eigenvalue weighted by Crippen LogP contribution is 2.63. The number of benzene rings is 1. The van der Waals surface area contributed by atoms with E-state index in [9.17, 15) is 4.39 Å². The molecule has 0 aliphatic heterocycles. The minimum absolute atomic E-state index is 0.0259. The Kier molecular flexibility index (Phi) is 3.31. The molecule has 1 N–H and O–H groups in total. The summed E-state index contributed by atoms with van der Waals surface area (Å²) in [7, 11) is 0. The second kappa shape index (κ2) is 4.96. The third kappa shape index (κ3) is 2.41. The van der Waals surface area contributed by atoms with Crippen molar-refractivity contribution < 1.29 is 4.39 Å². The lowest BCUT2D eigenvalue weighted by Crippen LogP contribution is -2.54. The van der Waals surface area contributed by atoms with Gasteiger partial charge in [0.1, 0.15) is 5.82 Å². The molecule has 1 nitrogen and oxygen atoms in total. The fraction of sp³-hybridized carbons (Fsp3) is 0.667. The van der Waals surface area contributed by atoms with Crippen molar-refractivity contribution in [3.05, 3.63) is 34.6 Å². The minimum atomic E-state index is -0.190. The maximum absolute atomic E-state index is 14.6. The van der Waals surface area contributed by atoms with Gasteiger partial charge in [-0.05, 0) is 55.6 Å². The molecule has 0 saturated heterocycles. The third-order valence-corrected chi connectivity index (χ3v) is 6.21. The topological polar surface area (TPSA) is 12.0 Å². The molecule has 3 aliphatic carbocycles. The molecule has 0 atom stereocenters. The summed E-state index contributed by atoms with van der Waals surface area (Å²) in [5, 5.41) is 3.91. The maximum atomic E-state index is 14.6. The van der Waals surface area contributed by atoms with Crippen molar-refractivity contribution in [2.24, 2.45) is 5.41 Å². The molecule has 3 heteroatoms. The highest BCUT2D eigenvalue weighted by atomic mass is 35.5. The Morgan fingerprint density at radius 1 is 1.19 bits per heavy atom. The van der Waals surface area contributed by atoms with Crippen molar-refractivity contribution in [3.63, 3.8) is 0 Å². The predicted molar refractivity (Wildman–Crippen MR) is 84.2 cm³/mol. The quantitative estimate of drug-likeness (QED) is 0.840. The van der Waals surface area contributed by atoms with Crippen LogP contribution in [-0.2, 0) is 5.41 Å². The van der Waals surface area contributed by atoms with Gasteiger partial charge < -0.3 is 5.32 Å². The van der Waals surface area contributed by atoms with Gasteiger partial charge in [0.05, 0.1) is 5.02 Å². The summed E-state index contributed by atoms with van der Waals surface area (Å²) in [5.74, 6) is -0.190. The Labute approximate surface area is 131 Å². The average Bonchev–Trinajstić information content (AvgIpc) is 3.15. The van der Waals surface area contributed by atoms with Crippen molar-refractivity contribution >= 4 is 11.6 Å². The van der Waals surface area contributed by atoms with Gasteiger partial charge in [0.25, 0.3) is 0 Å². The van der Waals surface area contributed by atoms with Gasteiger partial charge in [-0.15, -0.1) is 0 Å². The van der Waals surface area contributed by atoms with Crippen molar-refractivity contribution in [2.45, 2.75) is 62.8 Å². The molecule has 4 rings (SSSR count). The molecule has 0 unspecified atom stereocenters. The van der Waals surface area contributed by atoms with E-state index in [1.165, 1.54) is 38.5 Å². The van der Waals surface area contributed by atoms with Gasteiger partial charge in [0.15, 0.2) is 0 Å². The minimum Gasteiger partial charge on any atom is -0.313 e. The van der Waals surface area contributed by atoms with Crippen LogP contribution in [0, 0.1) is 11.2 Å². The molecule has 1 spiro atoms. The van der Waals surface area contributed by atoms with Crippen LogP contribution in [0.25, 0.3) is 0 Å². The normalized spacial score (nSPS) is 26.0. The molecule has 21 heavy (non-hydrogen) atoms. The summed E-state index contributed by atoms with van der Waals surface area (Å²) in [6, 6.07) is 6.19. The van der Waals surface area contributed by atoms with Crippen LogP contribution in [0.5, 0.6) is 0 Å². The van der Waals surface area contributed by atoms with Gasteiger partial charge in [-0.2, -0.15) is 0 Å². The van der Waals surface area contributed by atoms with E-state index < -0.39 is 0 Å². The lowest BCUT2D eigenvalue weighted by atomic mass is 9.49. The van der Waals surface area contributed by atoms with Gasteiger partial charge >= 0.3 is 0 Å². The number of nitrogens with one attached hydrogen (secondary N) is 1. The first-order chi connectivity index (χ1) is 10.1. The molecular weight excluding hydrogens is 285 g/mol. The zero-order valence-electron chi connectivity index (χ0n) is 12.4. The molecule has 0 bridgehead atoms. The van der Waals surface area contributed by atoms with E-state index in [1.807, 2.05) is 12.1 Å². The maximum Gasteiger partial charge on any atom is 0.145 e. The van der Waals surface area contributed by atoms with E-state index in [0.29, 0.717) is 11.5 Å². The zero-order chi connectivity index (χ0) is 14.5. The molecule has 1 aromatic carbocycles. The molecule has 0 radical (unpaired) electrons. The van der Waals surface area contributed by atoms with E-state index in [0.717, 1.165) is 24.9 Å². The average molecular weight is 308 g/mol. The van der Waals surface area contributed by atoms with Crippen molar-refractivity contribution in [3.8, 4) is 0 Å². The highest BCUT2D eigenvalue weighted by molar-refractivity contribution is 6.30. The van der Waals surface area contributed by atoms with Gasteiger partial charge in [-0.25, -0.2) is 4.39 Å². The lowest BCUT2D eigenvalue weighted by molar-refractivity contribution is 0.0244. The van der Waals surface area contributed by atoms with E-state index in [1.54, 1.807) is 6.07 Å². The van der Waals surface area contributed by atoms with Gasteiger partial charge in [-0.3, -0.25) is 0 Å². The number of rotatable bonds is 4. The Hall–Kier alpha value is -0.600. The van der Waals surface area contributed by atoms with E-state index in [-0.39, 0.29) is 16.3 Å². The van der Waals surface area contributed by atoms with E-state index >= 15 is 0 Å². The zero-order valence-corrected chi connectivity index (χ0v) is 13.2. The van der Waals surface area contributed by atoms with Crippen molar-refractivity contribution in [2.75, 3.05) is 6.54 Å². The Balaban J connectivity index is 1.62. The fourth-order valence-corrected chi connectivity index (χ4v) is 4.99. The molecule has 0 aromatic heterocycles. The first-order valence-corrected chi connectivity index (χ1v) is 8.68. The Morgan fingerprint density at radius 2 is 1.90 bits per heavy atom.